The van der Waals surface area contributed by atoms with Crippen LogP contribution in [0.4, 0.5) is 0 Å². The fraction of sp³-hybridized carbons (Fsp3) is 0.105. The second-order valence-electron chi connectivity index (χ2n) is 5.66. The van der Waals surface area contributed by atoms with E-state index in [1.807, 2.05) is 29.9 Å². The quantitative estimate of drug-likeness (QED) is 0.534. The molecule has 2 heterocycles. The van der Waals surface area contributed by atoms with Crippen molar-refractivity contribution in [2.75, 3.05) is 0 Å². The minimum atomic E-state index is -0.980. The summed E-state index contributed by atoms with van der Waals surface area (Å²) in [7, 11) is 0. The van der Waals surface area contributed by atoms with Gasteiger partial charge < -0.3 is 9.67 Å². The number of nitrogens with zero attached hydrogens (tertiary/aromatic N) is 2. The van der Waals surface area contributed by atoms with Gasteiger partial charge in [-0.3, -0.25) is 4.79 Å². The Morgan fingerprint density at radius 2 is 1.96 bits per heavy atom. The number of nitrogens with one attached hydrogen (secondary N) is 1. The SMILES string of the molecule is Cc1cc(/C=N/NC(=O)c2cccs2)c(C)n1-c1ccccc1C(=O)O. The minimum absolute atomic E-state index is 0.226. The van der Waals surface area contributed by atoms with Crippen molar-refractivity contribution < 1.29 is 14.7 Å². The van der Waals surface area contributed by atoms with Crippen LogP contribution in [0.1, 0.15) is 37.0 Å². The van der Waals surface area contributed by atoms with E-state index in [4.69, 9.17) is 0 Å². The second-order valence-corrected chi connectivity index (χ2v) is 6.61. The monoisotopic (exact) mass is 367 g/mol. The first-order valence-corrected chi connectivity index (χ1v) is 8.75. The topological polar surface area (TPSA) is 83.7 Å². The first kappa shape index (κ1) is 17.6. The number of hydrazone groups is 1. The van der Waals surface area contributed by atoms with Crippen molar-refractivity contribution in [2.45, 2.75) is 13.8 Å². The molecule has 6 nitrogen and oxygen atoms in total. The zero-order valence-corrected chi connectivity index (χ0v) is 15.1. The first-order valence-electron chi connectivity index (χ1n) is 7.87. The molecular formula is C19H17N3O3S. The molecule has 26 heavy (non-hydrogen) atoms. The fourth-order valence-corrected chi connectivity index (χ4v) is 3.38. The lowest BCUT2D eigenvalue weighted by Crippen LogP contribution is -2.16. The molecule has 2 N–H and O–H groups in total. The Bertz CT molecular complexity index is 988. The minimum Gasteiger partial charge on any atom is -0.478 e. The van der Waals surface area contributed by atoms with Crippen LogP contribution in [0.3, 0.4) is 0 Å². The van der Waals surface area contributed by atoms with Crippen molar-refractivity contribution in [2.24, 2.45) is 5.10 Å². The predicted molar refractivity (Wildman–Crippen MR) is 102 cm³/mol. The number of benzene rings is 1. The Balaban J connectivity index is 1.88. The molecule has 0 saturated carbocycles. The molecule has 0 fully saturated rings. The summed E-state index contributed by atoms with van der Waals surface area (Å²) in [5, 5.41) is 15.3. The number of carboxylic acid groups (broad SMARTS) is 1. The van der Waals surface area contributed by atoms with E-state index < -0.39 is 5.97 Å². The van der Waals surface area contributed by atoms with Gasteiger partial charge in [0.15, 0.2) is 0 Å². The molecule has 7 heteroatoms. The van der Waals surface area contributed by atoms with E-state index in [0.717, 1.165) is 17.0 Å². The van der Waals surface area contributed by atoms with Gasteiger partial charge in [-0.15, -0.1) is 11.3 Å². The fourth-order valence-electron chi connectivity index (χ4n) is 2.76. The summed E-state index contributed by atoms with van der Waals surface area (Å²) < 4.78 is 1.87. The standard InChI is InChI=1S/C19H17N3O3S/c1-12-10-14(11-20-21-18(23)17-8-5-9-26-17)13(2)22(12)16-7-4-3-6-15(16)19(24)25/h3-11H,1-2H3,(H,21,23)(H,24,25)/b20-11+. The van der Waals surface area contributed by atoms with Crippen LogP contribution in [0.25, 0.3) is 5.69 Å². The summed E-state index contributed by atoms with van der Waals surface area (Å²) in [5.74, 6) is -1.24. The zero-order valence-electron chi connectivity index (χ0n) is 14.3. The lowest BCUT2D eigenvalue weighted by Gasteiger charge is -2.12. The van der Waals surface area contributed by atoms with Crippen LogP contribution in [0.5, 0.6) is 0 Å². The molecule has 0 bridgehead atoms. The Morgan fingerprint density at radius 1 is 1.19 bits per heavy atom. The number of thiophene rings is 1. The number of carbonyl (C=O) groups is 2. The number of hydrogen-bond donors (Lipinski definition) is 2. The molecule has 3 rings (SSSR count). The maximum Gasteiger partial charge on any atom is 0.337 e. The van der Waals surface area contributed by atoms with Gasteiger partial charge in [0.05, 0.1) is 22.3 Å². The molecule has 0 aliphatic rings. The molecule has 0 atom stereocenters. The van der Waals surface area contributed by atoms with Gasteiger partial charge in [0.1, 0.15) is 0 Å². The largest absolute Gasteiger partial charge is 0.478 e. The van der Waals surface area contributed by atoms with Gasteiger partial charge in [0, 0.05) is 17.0 Å². The highest BCUT2D eigenvalue weighted by molar-refractivity contribution is 7.12. The molecule has 1 amide bonds. The van der Waals surface area contributed by atoms with Crippen molar-refractivity contribution in [3.63, 3.8) is 0 Å². The number of aryl methyl sites for hydroxylation is 1. The van der Waals surface area contributed by atoms with Gasteiger partial charge in [-0.05, 0) is 43.5 Å². The molecule has 3 aromatic rings. The maximum atomic E-state index is 11.9. The second kappa shape index (κ2) is 7.37. The highest BCUT2D eigenvalue weighted by Gasteiger charge is 2.16. The highest BCUT2D eigenvalue weighted by Crippen LogP contribution is 2.23. The molecule has 0 aliphatic carbocycles. The normalized spacial score (nSPS) is 11.0. The van der Waals surface area contributed by atoms with Gasteiger partial charge in [-0.2, -0.15) is 5.10 Å². The third-order valence-corrected chi connectivity index (χ3v) is 4.83. The molecule has 2 aromatic heterocycles. The van der Waals surface area contributed by atoms with E-state index in [0.29, 0.717) is 10.6 Å². The number of amides is 1. The van der Waals surface area contributed by atoms with E-state index in [1.165, 1.54) is 11.3 Å². The summed E-state index contributed by atoms with van der Waals surface area (Å²) in [6.45, 7) is 3.78. The number of aromatic carboxylic acids is 1. The van der Waals surface area contributed by atoms with E-state index in [1.54, 1.807) is 42.6 Å². The van der Waals surface area contributed by atoms with Crippen molar-refractivity contribution in [1.29, 1.82) is 0 Å². The Hall–Kier alpha value is -3.19. The van der Waals surface area contributed by atoms with Crippen LogP contribution < -0.4 is 5.43 Å². The van der Waals surface area contributed by atoms with E-state index in [-0.39, 0.29) is 11.5 Å². The van der Waals surface area contributed by atoms with Crippen molar-refractivity contribution >= 4 is 29.4 Å². The van der Waals surface area contributed by atoms with E-state index >= 15 is 0 Å². The summed E-state index contributed by atoms with van der Waals surface area (Å²) in [6.07, 6.45) is 1.56. The van der Waals surface area contributed by atoms with Crippen LogP contribution in [0.15, 0.2) is 52.9 Å². The number of hydrogen-bond acceptors (Lipinski definition) is 4. The molecule has 1 aromatic carbocycles. The predicted octanol–water partition coefficient (Wildman–Crippen LogP) is 3.62. The molecule has 0 radical (unpaired) electrons. The van der Waals surface area contributed by atoms with Gasteiger partial charge in [0.2, 0.25) is 0 Å². The summed E-state index contributed by atoms with van der Waals surface area (Å²) in [5.41, 5.74) is 5.83. The maximum absolute atomic E-state index is 11.9. The molecule has 132 valence electrons. The highest BCUT2D eigenvalue weighted by atomic mass is 32.1. The first-order chi connectivity index (χ1) is 12.5. The smallest absolute Gasteiger partial charge is 0.337 e. The van der Waals surface area contributed by atoms with Gasteiger partial charge >= 0.3 is 5.97 Å². The van der Waals surface area contributed by atoms with Crippen LogP contribution in [-0.4, -0.2) is 27.8 Å². The number of rotatable bonds is 5. The molecule has 0 saturated heterocycles. The summed E-state index contributed by atoms with van der Waals surface area (Å²) in [4.78, 5) is 24.0. The average molecular weight is 367 g/mol. The van der Waals surface area contributed by atoms with Gasteiger partial charge in [-0.25, -0.2) is 10.2 Å². The average Bonchev–Trinajstić information content (AvgIpc) is 3.24. The summed E-state index contributed by atoms with van der Waals surface area (Å²) in [6, 6.07) is 12.3. The van der Waals surface area contributed by atoms with E-state index in [2.05, 4.69) is 10.5 Å². The van der Waals surface area contributed by atoms with Gasteiger partial charge in [0.25, 0.3) is 5.91 Å². The number of carbonyl (C=O) groups excluding carboxylic acids is 1. The lowest BCUT2D eigenvalue weighted by molar-refractivity contribution is 0.0696. The Labute approximate surface area is 154 Å². The molecule has 0 unspecified atom stereocenters. The van der Waals surface area contributed by atoms with Crippen LogP contribution in [-0.2, 0) is 0 Å². The van der Waals surface area contributed by atoms with Crippen LogP contribution >= 0.6 is 11.3 Å². The Morgan fingerprint density at radius 3 is 2.65 bits per heavy atom. The van der Waals surface area contributed by atoms with E-state index in [9.17, 15) is 14.7 Å². The van der Waals surface area contributed by atoms with Gasteiger partial charge in [-0.1, -0.05) is 18.2 Å². The van der Waals surface area contributed by atoms with Crippen molar-refractivity contribution in [3.8, 4) is 5.69 Å². The third kappa shape index (κ3) is 3.43. The lowest BCUT2D eigenvalue weighted by atomic mass is 10.1. The third-order valence-electron chi connectivity index (χ3n) is 3.96. The van der Waals surface area contributed by atoms with Crippen molar-refractivity contribution in [3.05, 3.63) is 75.2 Å². The van der Waals surface area contributed by atoms with Crippen LogP contribution in [0.2, 0.25) is 0 Å². The Kier molecular flexibility index (Phi) is 4.99. The molecule has 0 aliphatic heterocycles. The van der Waals surface area contributed by atoms with Crippen LogP contribution in [0, 0.1) is 13.8 Å². The van der Waals surface area contributed by atoms with Crippen molar-refractivity contribution in [1.82, 2.24) is 9.99 Å². The zero-order chi connectivity index (χ0) is 18.7. The molecular weight excluding hydrogens is 350 g/mol. The number of aromatic nitrogens is 1. The summed E-state index contributed by atoms with van der Waals surface area (Å²) >= 11 is 1.34. The molecule has 0 spiro atoms. The number of carboxylic acids is 1. The number of para-hydroxylation sites is 1.